The lowest BCUT2D eigenvalue weighted by Gasteiger charge is -2.33. The van der Waals surface area contributed by atoms with Crippen molar-refractivity contribution in [3.8, 4) is 5.75 Å². The predicted molar refractivity (Wildman–Crippen MR) is 80.2 cm³/mol. The minimum absolute atomic E-state index is 0.165. The molecule has 3 nitrogen and oxygen atoms in total. The normalized spacial score (nSPS) is 13.7. The number of benzene rings is 1. The summed E-state index contributed by atoms with van der Waals surface area (Å²) >= 11 is 0. The van der Waals surface area contributed by atoms with Crippen LogP contribution < -0.4 is 4.89 Å². The zero-order valence-electron chi connectivity index (χ0n) is 13.4. The summed E-state index contributed by atoms with van der Waals surface area (Å²) in [5.74, 6) is 0.597. The number of carbonyl (C=O) groups excluding carboxylic acids is 1. The van der Waals surface area contributed by atoms with Crippen LogP contribution in [0.2, 0.25) is 0 Å². The first-order chi connectivity index (χ1) is 9.13. The van der Waals surface area contributed by atoms with E-state index in [0.29, 0.717) is 11.7 Å². The van der Waals surface area contributed by atoms with E-state index < -0.39 is 5.41 Å². The molecular formula is C17H26O3. The molecule has 0 aromatic heterocycles. The molecule has 0 bridgehead atoms. The second-order valence-corrected chi connectivity index (χ2v) is 7.12. The van der Waals surface area contributed by atoms with Gasteiger partial charge in [0.1, 0.15) is 0 Å². The fourth-order valence-corrected chi connectivity index (χ4v) is 1.83. The van der Waals surface area contributed by atoms with Crippen LogP contribution in [0.4, 0.5) is 0 Å². The highest BCUT2D eigenvalue weighted by molar-refractivity contribution is 5.75. The quantitative estimate of drug-likeness (QED) is 0.582. The Balaban J connectivity index is 2.57. The molecule has 1 aromatic carbocycles. The molecule has 0 aliphatic heterocycles. The number of rotatable bonds is 5. The zero-order valence-corrected chi connectivity index (χ0v) is 13.4. The Labute approximate surface area is 122 Å². The molecule has 0 amide bonds. The van der Waals surface area contributed by atoms with Crippen molar-refractivity contribution in [1.82, 2.24) is 0 Å². The first-order valence-electron chi connectivity index (χ1n) is 7.07. The molecule has 0 aliphatic rings. The Morgan fingerprint density at radius 2 is 1.65 bits per heavy atom. The molecule has 1 aromatic rings. The van der Waals surface area contributed by atoms with Crippen LogP contribution in [0.25, 0.3) is 0 Å². The number of para-hydroxylation sites is 1. The average molecular weight is 278 g/mol. The van der Waals surface area contributed by atoms with Gasteiger partial charge in [0.15, 0.2) is 5.75 Å². The predicted octanol–water partition coefficient (Wildman–Crippen LogP) is 4.62. The standard InChI is InChI=1S/C17H26O3/c1-13(16(2,3)4)12-17(5,6)15(18)20-19-14-10-8-7-9-11-14/h7-11,13H,12H2,1-6H3. The Hall–Kier alpha value is -1.51. The summed E-state index contributed by atoms with van der Waals surface area (Å²) in [6, 6.07) is 9.03. The molecule has 0 heterocycles. The molecule has 1 atom stereocenters. The summed E-state index contributed by atoms with van der Waals surface area (Å²) < 4.78 is 0. The molecule has 3 heteroatoms. The fraction of sp³-hybridized carbons (Fsp3) is 0.588. The molecule has 0 radical (unpaired) electrons. The molecule has 0 fully saturated rings. The van der Waals surface area contributed by atoms with Crippen LogP contribution in [-0.4, -0.2) is 5.97 Å². The third-order valence-electron chi connectivity index (χ3n) is 3.80. The SMILES string of the molecule is CC(CC(C)(C)C(=O)OOc1ccccc1)C(C)(C)C. The van der Waals surface area contributed by atoms with Crippen molar-refractivity contribution in [3.63, 3.8) is 0 Å². The van der Waals surface area contributed by atoms with Gasteiger partial charge in [-0.25, -0.2) is 9.68 Å². The summed E-state index contributed by atoms with van der Waals surface area (Å²) in [6.07, 6.45) is 0.757. The van der Waals surface area contributed by atoms with E-state index in [0.717, 1.165) is 6.42 Å². The molecule has 0 saturated heterocycles. The molecule has 0 spiro atoms. The molecule has 112 valence electrons. The van der Waals surface area contributed by atoms with Gasteiger partial charge in [-0.15, -0.1) is 0 Å². The van der Waals surface area contributed by atoms with Crippen LogP contribution in [0, 0.1) is 16.7 Å². The van der Waals surface area contributed by atoms with Crippen LogP contribution >= 0.6 is 0 Å². The Bertz CT molecular complexity index is 429. The van der Waals surface area contributed by atoms with Gasteiger partial charge in [-0.05, 0) is 43.7 Å². The van der Waals surface area contributed by atoms with E-state index in [-0.39, 0.29) is 11.4 Å². The van der Waals surface area contributed by atoms with E-state index in [1.165, 1.54) is 0 Å². The van der Waals surface area contributed by atoms with Crippen molar-refractivity contribution < 1.29 is 14.6 Å². The van der Waals surface area contributed by atoms with Crippen molar-refractivity contribution in [2.24, 2.45) is 16.7 Å². The smallest absolute Gasteiger partial charge is 0.287 e. The molecule has 20 heavy (non-hydrogen) atoms. The van der Waals surface area contributed by atoms with Crippen LogP contribution in [0.1, 0.15) is 48.0 Å². The monoisotopic (exact) mass is 278 g/mol. The lowest BCUT2D eigenvalue weighted by Crippen LogP contribution is -2.32. The van der Waals surface area contributed by atoms with E-state index in [4.69, 9.17) is 9.78 Å². The topological polar surface area (TPSA) is 35.5 Å². The number of hydrogen-bond donors (Lipinski definition) is 0. The Morgan fingerprint density at radius 1 is 1.10 bits per heavy atom. The van der Waals surface area contributed by atoms with Gasteiger partial charge in [-0.2, -0.15) is 0 Å². The van der Waals surface area contributed by atoms with E-state index in [1.54, 1.807) is 12.1 Å². The zero-order chi connectivity index (χ0) is 15.4. The first kappa shape index (κ1) is 16.5. The van der Waals surface area contributed by atoms with Gasteiger partial charge < -0.3 is 0 Å². The van der Waals surface area contributed by atoms with Crippen molar-refractivity contribution >= 4 is 5.97 Å². The molecule has 0 N–H and O–H groups in total. The average Bonchev–Trinajstić information content (AvgIpc) is 2.35. The van der Waals surface area contributed by atoms with Crippen LogP contribution in [0.5, 0.6) is 5.75 Å². The van der Waals surface area contributed by atoms with Crippen LogP contribution in [-0.2, 0) is 9.68 Å². The summed E-state index contributed by atoms with van der Waals surface area (Å²) in [5.41, 5.74) is -0.403. The van der Waals surface area contributed by atoms with Gasteiger partial charge in [-0.1, -0.05) is 45.9 Å². The number of carbonyl (C=O) groups is 1. The molecule has 0 saturated carbocycles. The van der Waals surface area contributed by atoms with Crippen LogP contribution in [0.15, 0.2) is 30.3 Å². The van der Waals surface area contributed by atoms with Crippen molar-refractivity contribution in [2.75, 3.05) is 0 Å². The van der Waals surface area contributed by atoms with E-state index in [2.05, 4.69) is 27.7 Å². The fourth-order valence-electron chi connectivity index (χ4n) is 1.83. The minimum Gasteiger partial charge on any atom is -0.287 e. The first-order valence-corrected chi connectivity index (χ1v) is 7.07. The maximum Gasteiger partial charge on any atom is 0.360 e. The van der Waals surface area contributed by atoms with Crippen molar-refractivity contribution in [3.05, 3.63) is 30.3 Å². The minimum atomic E-state index is -0.568. The lowest BCUT2D eigenvalue weighted by atomic mass is 9.72. The van der Waals surface area contributed by atoms with Crippen molar-refractivity contribution in [1.29, 1.82) is 0 Å². The van der Waals surface area contributed by atoms with Gasteiger partial charge in [0, 0.05) is 0 Å². The summed E-state index contributed by atoms with van der Waals surface area (Å²) in [5, 5.41) is 0. The maximum atomic E-state index is 12.2. The van der Waals surface area contributed by atoms with E-state index in [1.807, 2.05) is 32.0 Å². The molecule has 1 rings (SSSR count). The second kappa shape index (κ2) is 6.29. The van der Waals surface area contributed by atoms with Gasteiger partial charge in [0.25, 0.3) is 0 Å². The summed E-state index contributed by atoms with van der Waals surface area (Å²) in [6.45, 7) is 12.5. The van der Waals surface area contributed by atoms with E-state index in [9.17, 15) is 4.79 Å². The summed E-state index contributed by atoms with van der Waals surface area (Å²) in [7, 11) is 0. The Morgan fingerprint density at radius 3 is 2.15 bits per heavy atom. The highest BCUT2D eigenvalue weighted by atomic mass is 17.2. The number of hydrogen-bond acceptors (Lipinski definition) is 3. The largest absolute Gasteiger partial charge is 0.360 e. The molecular weight excluding hydrogens is 252 g/mol. The maximum absolute atomic E-state index is 12.2. The highest BCUT2D eigenvalue weighted by Gasteiger charge is 2.36. The third-order valence-corrected chi connectivity index (χ3v) is 3.80. The van der Waals surface area contributed by atoms with Crippen LogP contribution in [0.3, 0.4) is 0 Å². The summed E-state index contributed by atoms with van der Waals surface area (Å²) in [4.78, 5) is 22.2. The van der Waals surface area contributed by atoms with E-state index >= 15 is 0 Å². The second-order valence-electron chi connectivity index (χ2n) is 7.12. The highest BCUT2D eigenvalue weighted by Crippen LogP contribution is 2.36. The van der Waals surface area contributed by atoms with Crippen molar-refractivity contribution in [2.45, 2.75) is 48.0 Å². The molecule has 0 aliphatic carbocycles. The lowest BCUT2D eigenvalue weighted by molar-refractivity contribution is -0.225. The van der Waals surface area contributed by atoms with Gasteiger partial charge >= 0.3 is 5.97 Å². The molecule has 1 unspecified atom stereocenters. The van der Waals surface area contributed by atoms with Gasteiger partial charge in [0.2, 0.25) is 0 Å². The van der Waals surface area contributed by atoms with Gasteiger partial charge in [-0.3, -0.25) is 4.89 Å². The van der Waals surface area contributed by atoms with Gasteiger partial charge in [0.05, 0.1) is 5.41 Å². The Kier molecular flexibility index (Phi) is 5.21. The third kappa shape index (κ3) is 4.87.